The van der Waals surface area contributed by atoms with Crippen LogP contribution in [0, 0.1) is 0 Å². The van der Waals surface area contributed by atoms with E-state index in [-0.39, 0.29) is 11.7 Å². The van der Waals surface area contributed by atoms with E-state index in [1.807, 2.05) is 6.92 Å². The highest BCUT2D eigenvalue weighted by atomic mass is 16.5. The number of para-hydroxylation sites is 1. The van der Waals surface area contributed by atoms with E-state index in [0.717, 1.165) is 12.8 Å². The van der Waals surface area contributed by atoms with Crippen molar-refractivity contribution in [1.29, 1.82) is 0 Å². The third-order valence-corrected chi connectivity index (χ3v) is 2.65. The van der Waals surface area contributed by atoms with Crippen molar-refractivity contribution < 1.29 is 14.7 Å². The van der Waals surface area contributed by atoms with E-state index in [0.29, 0.717) is 23.4 Å². The minimum atomic E-state index is -0.127. The van der Waals surface area contributed by atoms with E-state index in [1.54, 1.807) is 18.2 Å². The van der Waals surface area contributed by atoms with Crippen molar-refractivity contribution in [1.82, 2.24) is 0 Å². The zero-order valence-electron chi connectivity index (χ0n) is 11.1. The molecule has 0 bridgehead atoms. The monoisotopic (exact) mass is 265 g/mol. The van der Waals surface area contributed by atoms with Crippen LogP contribution in [0.5, 0.6) is 5.75 Å². The van der Waals surface area contributed by atoms with Crippen LogP contribution in [0.2, 0.25) is 0 Å². The Kier molecular flexibility index (Phi) is 5.66. The summed E-state index contributed by atoms with van der Waals surface area (Å²) in [4.78, 5) is 11.8. The lowest BCUT2D eigenvalue weighted by atomic mass is 10.1. The lowest BCUT2D eigenvalue weighted by Crippen LogP contribution is -2.19. The van der Waals surface area contributed by atoms with Gasteiger partial charge in [0.2, 0.25) is 5.91 Å². The maximum Gasteiger partial charge on any atom is 0.224 e. The predicted molar refractivity (Wildman–Crippen MR) is 73.7 cm³/mol. The maximum absolute atomic E-state index is 11.8. The van der Waals surface area contributed by atoms with Crippen LogP contribution in [0.15, 0.2) is 23.4 Å². The number of nitrogens with two attached hydrogens (primary N) is 1. The number of hydrogen-bond acceptors (Lipinski definition) is 4. The minimum Gasteiger partial charge on any atom is -0.495 e. The lowest BCUT2D eigenvalue weighted by Gasteiger charge is -2.14. The Morgan fingerprint density at radius 2 is 2.26 bits per heavy atom. The summed E-state index contributed by atoms with van der Waals surface area (Å²) >= 11 is 0. The van der Waals surface area contributed by atoms with Crippen LogP contribution in [0.3, 0.4) is 0 Å². The van der Waals surface area contributed by atoms with Gasteiger partial charge in [0, 0.05) is 12.0 Å². The van der Waals surface area contributed by atoms with Gasteiger partial charge in [0.05, 0.1) is 12.8 Å². The van der Waals surface area contributed by atoms with Crippen LogP contribution in [-0.4, -0.2) is 24.1 Å². The maximum atomic E-state index is 11.8. The molecule has 0 saturated heterocycles. The smallest absolute Gasteiger partial charge is 0.224 e. The largest absolute Gasteiger partial charge is 0.495 e. The first-order valence-corrected chi connectivity index (χ1v) is 6.08. The van der Waals surface area contributed by atoms with Gasteiger partial charge in [-0.05, 0) is 18.6 Å². The molecule has 0 saturated carbocycles. The second-order valence-corrected chi connectivity index (χ2v) is 4.02. The number of oxime groups is 1. The number of carbonyl (C=O) groups excluding carboxylic acids is 1. The normalized spacial score (nSPS) is 11.2. The van der Waals surface area contributed by atoms with E-state index in [9.17, 15) is 4.79 Å². The molecule has 4 N–H and O–H groups in total. The highest BCUT2D eigenvalue weighted by molar-refractivity contribution is 6.06. The van der Waals surface area contributed by atoms with E-state index >= 15 is 0 Å². The van der Waals surface area contributed by atoms with Crippen LogP contribution in [-0.2, 0) is 4.79 Å². The molecule has 6 heteroatoms. The number of hydrogen-bond donors (Lipinski definition) is 3. The zero-order chi connectivity index (χ0) is 14.3. The van der Waals surface area contributed by atoms with Crippen molar-refractivity contribution in [2.45, 2.75) is 26.2 Å². The molecule has 0 atom stereocenters. The quantitative estimate of drug-likeness (QED) is 0.317. The van der Waals surface area contributed by atoms with Gasteiger partial charge in [-0.2, -0.15) is 0 Å². The number of amidine groups is 1. The molecule has 0 radical (unpaired) electrons. The number of rotatable bonds is 6. The van der Waals surface area contributed by atoms with Crippen molar-refractivity contribution in [2.75, 3.05) is 12.4 Å². The summed E-state index contributed by atoms with van der Waals surface area (Å²) in [7, 11) is 1.49. The average molecular weight is 265 g/mol. The predicted octanol–water partition coefficient (Wildman–Crippen LogP) is 1.92. The first kappa shape index (κ1) is 14.8. The van der Waals surface area contributed by atoms with Crippen molar-refractivity contribution in [2.24, 2.45) is 10.9 Å². The molecule has 0 aliphatic rings. The fourth-order valence-corrected chi connectivity index (χ4v) is 1.64. The summed E-state index contributed by atoms with van der Waals surface area (Å²) in [6.45, 7) is 2.01. The molecule has 19 heavy (non-hydrogen) atoms. The summed E-state index contributed by atoms with van der Waals surface area (Å²) in [5.41, 5.74) is 6.43. The van der Waals surface area contributed by atoms with Gasteiger partial charge >= 0.3 is 0 Å². The van der Waals surface area contributed by atoms with Crippen molar-refractivity contribution in [3.8, 4) is 5.75 Å². The number of ether oxygens (including phenoxy) is 1. The summed E-state index contributed by atoms with van der Waals surface area (Å²) in [5, 5.41) is 14.5. The fourth-order valence-electron chi connectivity index (χ4n) is 1.64. The van der Waals surface area contributed by atoms with E-state index in [4.69, 9.17) is 15.7 Å². The second-order valence-electron chi connectivity index (χ2n) is 4.02. The molecular weight excluding hydrogens is 246 g/mol. The van der Waals surface area contributed by atoms with Gasteiger partial charge in [0.15, 0.2) is 5.84 Å². The van der Waals surface area contributed by atoms with Gasteiger partial charge in [-0.1, -0.05) is 24.6 Å². The Morgan fingerprint density at radius 3 is 2.84 bits per heavy atom. The summed E-state index contributed by atoms with van der Waals surface area (Å²) in [5.74, 6) is 0.261. The molecule has 1 amide bonds. The van der Waals surface area contributed by atoms with E-state index in [2.05, 4.69) is 10.5 Å². The molecule has 6 nitrogen and oxygen atoms in total. The number of nitrogens with one attached hydrogen (secondary N) is 1. The Labute approximate surface area is 112 Å². The number of carbonyl (C=O) groups is 1. The summed E-state index contributed by atoms with van der Waals surface area (Å²) in [6, 6.07) is 5.05. The van der Waals surface area contributed by atoms with Gasteiger partial charge in [-0.15, -0.1) is 0 Å². The summed E-state index contributed by atoms with van der Waals surface area (Å²) < 4.78 is 5.18. The molecule has 0 aromatic heterocycles. The van der Waals surface area contributed by atoms with Crippen LogP contribution in [0.25, 0.3) is 0 Å². The molecular formula is C13H19N3O3. The molecule has 1 aromatic carbocycles. The van der Waals surface area contributed by atoms with Crippen molar-refractivity contribution in [3.63, 3.8) is 0 Å². The Bertz CT molecular complexity index is 472. The van der Waals surface area contributed by atoms with Gasteiger partial charge in [-0.25, -0.2) is 0 Å². The average Bonchev–Trinajstić information content (AvgIpc) is 2.44. The van der Waals surface area contributed by atoms with Crippen molar-refractivity contribution >= 4 is 17.4 Å². The minimum absolute atomic E-state index is 0.0790. The highest BCUT2D eigenvalue weighted by Gasteiger charge is 2.14. The van der Waals surface area contributed by atoms with E-state index < -0.39 is 0 Å². The number of methoxy groups -OCH3 is 1. The SMILES string of the molecule is CCCCC(=O)Nc1c(OC)cccc1/C(N)=N/O. The first-order chi connectivity index (χ1) is 9.13. The third kappa shape index (κ3) is 3.87. The molecule has 0 fully saturated rings. The van der Waals surface area contributed by atoms with Crippen LogP contribution in [0.4, 0.5) is 5.69 Å². The zero-order valence-corrected chi connectivity index (χ0v) is 11.1. The standard InChI is InChI=1S/C13H19N3O3/c1-3-4-8-11(17)15-12-9(13(14)16-18)6-5-7-10(12)19-2/h5-7,18H,3-4,8H2,1-2H3,(H2,14,16)(H,15,17). The molecule has 0 unspecified atom stereocenters. The number of anilines is 1. The Morgan fingerprint density at radius 1 is 1.53 bits per heavy atom. The molecule has 1 aromatic rings. The number of amides is 1. The Balaban J connectivity index is 3.05. The summed E-state index contributed by atoms with van der Waals surface area (Å²) in [6.07, 6.45) is 2.16. The molecule has 0 spiro atoms. The second kappa shape index (κ2) is 7.25. The van der Waals surface area contributed by atoms with Crippen LogP contribution < -0.4 is 15.8 Å². The number of unbranched alkanes of at least 4 members (excludes halogenated alkanes) is 1. The molecule has 0 aliphatic carbocycles. The number of benzene rings is 1. The molecule has 1 rings (SSSR count). The van der Waals surface area contributed by atoms with Crippen molar-refractivity contribution in [3.05, 3.63) is 23.8 Å². The lowest BCUT2D eigenvalue weighted by molar-refractivity contribution is -0.116. The number of nitrogens with zero attached hydrogens (tertiary/aromatic N) is 1. The molecule has 0 heterocycles. The van der Waals surface area contributed by atoms with Gasteiger partial charge < -0.3 is 21.0 Å². The van der Waals surface area contributed by atoms with Gasteiger partial charge in [0.1, 0.15) is 5.75 Å². The molecule has 0 aliphatic heterocycles. The fraction of sp³-hybridized carbons (Fsp3) is 0.385. The first-order valence-electron chi connectivity index (χ1n) is 6.08. The molecule has 104 valence electrons. The Hall–Kier alpha value is -2.24. The van der Waals surface area contributed by atoms with Gasteiger partial charge in [-0.3, -0.25) is 4.79 Å². The van der Waals surface area contributed by atoms with Gasteiger partial charge in [0.25, 0.3) is 0 Å². The van der Waals surface area contributed by atoms with E-state index in [1.165, 1.54) is 7.11 Å². The topological polar surface area (TPSA) is 96.9 Å². The van der Waals surface area contributed by atoms with Crippen LogP contribution in [0.1, 0.15) is 31.7 Å². The highest BCUT2D eigenvalue weighted by Crippen LogP contribution is 2.28. The third-order valence-electron chi connectivity index (χ3n) is 2.65. The van der Waals surface area contributed by atoms with Crippen LogP contribution >= 0.6 is 0 Å².